The molecule has 2 aromatic rings. The molecule has 5 nitrogen and oxygen atoms in total. The molecule has 3 N–H and O–H groups in total. The zero-order chi connectivity index (χ0) is 20.1. The maximum absolute atomic E-state index is 14.5. The molecule has 0 radical (unpaired) electrons. The number of rotatable bonds is 7. The average Bonchev–Trinajstić information content (AvgIpc) is 3.14. The number of nitrogens with two attached hydrogens (primary N) is 1. The average molecular weight is 406 g/mol. The summed E-state index contributed by atoms with van der Waals surface area (Å²) >= 11 is 0.735. The Balaban J connectivity index is 1.83. The number of thioether (sulfide) groups is 1. The molecule has 1 aliphatic rings. The summed E-state index contributed by atoms with van der Waals surface area (Å²) in [5.74, 6) is -2.57. The van der Waals surface area contributed by atoms with E-state index < -0.39 is 17.5 Å². The largest absolute Gasteiger partial charge is 0.511 e. The van der Waals surface area contributed by atoms with E-state index in [-0.39, 0.29) is 22.5 Å². The number of amides is 1. The van der Waals surface area contributed by atoms with Crippen molar-refractivity contribution < 1.29 is 23.4 Å². The first-order chi connectivity index (χ1) is 13.4. The lowest BCUT2D eigenvalue weighted by Crippen LogP contribution is -2.12. The van der Waals surface area contributed by atoms with Crippen LogP contribution < -0.4 is 10.5 Å². The Kier molecular flexibility index (Phi) is 6.51. The number of aromatic nitrogens is 1. The fourth-order valence-electron chi connectivity index (χ4n) is 3.07. The molecule has 3 rings (SSSR count). The van der Waals surface area contributed by atoms with Crippen molar-refractivity contribution in [1.82, 2.24) is 4.98 Å². The molecule has 28 heavy (non-hydrogen) atoms. The van der Waals surface area contributed by atoms with Crippen LogP contribution in [0.4, 0.5) is 8.78 Å². The highest BCUT2D eigenvalue weighted by Crippen LogP contribution is 2.35. The number of hydrogen-bond acceptors (Lipinski definition) is 5. The number of carbonyl (C=O) groups is 1. The van der Waals surface area contributed by atoms with Gasteiger partial charge < -0.3 is 15.6 Å². The van der Waals surface area contributed by atoms with E-state index in [1.165, 1.54) is 12.1 Å². The second-order valence-electron chi connectivity index (χ2n) is 6.48. The third-order valence-electron chi connectivity index (χ3n) is 4.33. The van der Waals surface area contributed by atoms with Crippen molar-refractivity contribution in [2.24, 2.45) is 5.73 Å². The standard InChI is InChI=1S/C20H20F2N2O3S/c21-16-8-12(9-17(22)19(16)28-11-13(25)10-18(23)26)15-6-3-7-24-20(15)27-14-4-1-2-5-14/h3,6-10,14,25H,1-2,4-5,11H2,(H2,23,26)/b13-10-. The molecule has 0 atom stereocenters. The number of primary amides is 1. The van der Waals surface area contributed by atoms with Crippen molar-refractivity contribution in [1.29, 1.82) is 0 Å². The Morgan fingerprint density at radius 3 is 2.64 bits per heavy atom. The Labute approximate surface area is 165 Å². The van der Waals surface area contributed by atoms with E-state index in [1.54, 1.807) is 18.3 Å². The first kappa shape index (κ1) is 20.1. The lowest BCUT2D eigenvalue weighted by Gasteiger charge is -2.16. The molecule has 1 amide bonds. The predicted octanol–water partition coefficient (Wildman–Crippen LogP) is 4.37. The van der Waals surface area contributed by atoms with Crippen molar-refractivity contribution in [2.75, 3.05) is 5.75 Å². The smallest absolute Gasteiger partial charge is 0.244 e. The first-order valence-electron chi connectivity index (χ1n) is 8.87. The maximum Gasteiger partial charge on any atom is 0.244 e. The number of pyridine rings is 1. The van der Waals surface area contributed by atoms with Gasteiger partial charge >= 0.3 is 0 Å². The Hall–Kier alpha value is -2.61. The van der Waals surface area contributed by atoms with Crippen LogP contribution in [0.3, 0.4) is 0 Å². The van der Waals surface area contributed by atoms with Gasteiger partial charge in [-0.3, -0.25) is 4.79 Å². The summed E-state index contributed by atoms with van der Waals surface area (Å²) in [6.07, 6.45) is 6.53. The molecule has 1 aromatic carbocycles. The molecule has 0 saturated heterocycles. The molecule has 1 heterocycles. The van der Waals surface area contributed by atoms with Crippen LogP contribution in [-0.4, -0.2) is 27.9 Å². The van der Waals surface area contributed by atoms with E-state index in [0.717, 1.165) is 43.5 Å². The minimum absolute atomic E-state index is 0.0678. The Morgan fingerprint density at radius 2 is 2.00 bits per heavy atom. The van der Waals surface area contributed by atoms with Crippen LogP contribution in [0, 0.1) is 11.6 Å². The molecule has 148 valence electrons. The van der Waals surface area contributed by atoms with E-state index in [0.29, 0.717) is 17.0 Å². The molecule has 1 fully saturated rings. The molecular weight excluding hydrogens is 386 g/mol. The molecule has 0 aliphatic heterocycles. The Morgan fingerprint density at radius 1 is 1.32 bits per heavy atom. The van der Waals surface area contributed by atoms with Crippen LogP contribution in [0.2, 0.25) is 0 Å². The van der Waals surface area contributed by atoms with Gasteiger partial charge in [0.2, 0.25) is 11.8 Å². The molecule has 8 heteroatoms. The topological polar surface area (TPSA) is 85.4 Å². The second kappa shape index (κ2) is 9.05. The van der Waals surface area contributed by atoms with Crippen molar-refractivity contribution in [3.8, 4) is 17.0 Å². The second-order valence-corrected chi connectivity index (χ2v) is 7.46. The van der Waals surface area contributed by atoms with Crippen LogP contribution in [-0.2, 0) is 4.79 Å². The Bertz CT molecular complexity index is 876. The van der Waals surface area contributed by atoms with Gasteiger partial charge in [0.25, 0.3) is 0 Å². The number of nitrogens with zero attached hydrogens (tertiary/aromatic N) is 1. The summed E-state index contributed by atoms with van der Waals surface area (Å²) in [7, 11) is 0. The SMILES string of the molecule is NC(=O)/C=C(\O)CSc1c(F)cc(-c2cccnc2OC2CCCC2)cc1F. The highest BCUT2D eigenvalue weighted by Gasteiger charge is 2.20. The number of carbonyl (C=O) groups excluding carboxylic acids is 1. The van der Waals surface area contributed by atoms with Crippen LogP contribution in [0.1, 0.15) is 25.7 Å². The first-order valence-corrected chi connectivity index (χ1v) is 9.85. The van der Waals surface area contributed by atoms with Crippen molar-refractivity contribution in [3.05, 3.63) is 53.9 Å². The van der Waals surface area contributed by atoms with Crippen LogP contribution >= 0.6 is 11.8 Å². The summed E-state index contributed by atoms with van der Waals surface area (Å²) in [4.78, 5) is 14.7. The third-order valence-corrected chi connectivity index (χ3v) is 5.45. The normalized spacial score (nSPS) is 15.0. The molecule has 1 saturated carbocycles. The number of halogens is 2. The van der Waals surface area contributed by atoms with E-state index >= 15 is 0 Å². The zero-order valence-corrected chi connectivity index (χ0v) is 15.8. The van der Waals surface area contributed by atoms with Crippen LogP contribution in [0.15, 0.2) is 47.2 Å². The molecular formula is C20H20F2N2O3S. The van der Waals surface area contributed by atoms with Crippen molar-refractivity contribution in [2.45, 2.75) is 36.7 Å². The van der Waals surface area contributed by atoms with E-state index in [9.17, 15) is 18.7 Å². The van der Waals surface area contributed by atoms with Gasteiger partial charge in [-0.25, -0.2) is 13.8 Å². The number of aliphatic hydroxyl groups excluding tert-OH is 1. The summed E-state index contributed by atoms with van der Waals surface area (Å²) < 4.78 is 35.0. The highest BCUT2D eigenvalue weighted by atomic mass is 32.2. The fourth-order valence-corrected chi connectivity index (χ4v) is 3.84. The molecule has 1 aromatic heterocycles. The van der Waals surface area contributed by atoms with Gasteiger partial charge in [0.15, 0.2) is 0 Å². The summed E-state index contributed by atoms with van der Waals surface area (Å²) in [6, 6.07) is 5.80. The minimum Gasteiger partial charge on any atom is -0.511 e. The molecule has 0 spiro atoms. The monoisotopic (exact) mass is 406 g/mol. The van der Waals surface area contributed by atoms with Crippen LogP contribution in [0.25, 0.3) is 11.1 Å². The number of ether oxygens (including phenoxy) is 1. The van der Waals surface area contributed by atoms with E-state index in [2.05, 4.69) is 4.98 Å². The van der Waals surface area contributed by atoms with Gasteiger partial charge in [0.1, 0.15) is 23.5 Å². The fraction of sp³-hybridized carbons (Fsp3) is 0.300. The van der Waals surface area contributed by atoms with Gasteiger partial charge in [0.05, 0.1) is 10.6 Å². The third kappa shape index (κ3) is 5.01. The van der Waals surface area contributed by atoms with E-state index in [1.807, 2.05) is 0 Å². The lowest BCUT2D eigenvalue weighted by atomic mass is 10.1. The minimum atomic E-state index is -0.833. The van der Waals surface area contributed by atoms with Gasteiger partial charge in [-0.1, -0.05) is 0 Å². The number of hydrogen-bond donors (Lipinski definition) is 2. The van der Waals surface area contributed by atoms with Gasteiger partial charge in [-0.2, -0.15) is 0 Å². The lowest BCUT2D eigenvalue weighted by molar-refractivity contribution is -0.113. The maximum atomic E-state index is 14.5. The number of aliphatic hydroxyl groups is 1. The van der Waals surface area contributed by atoms with Gasteiger partial charge in [-0.15, -0.1) is 11.8 Å². The predicted molar refractivity (Wildman–Crippen MR) is 103 cm³/mol. The number of benzene rings is 1. The summed E-state index contributed by atoms with van der Waals surface area (Å²) in [5.41, 5.74) is 5.76. The highest BCUT2D eigenvalue weighted by molar-refractivity contribution is 7.99. The van der Waals surface area contributed by atoms with Gasteiger partial charge in [-0.05, 0) is 55.5 Å². The quantitative estimate of drug-likeness (QED) is 0.405. The van der Waals surface area contributed by atoms with Gasteiger partial charge in [0, 0.05) is 17.8 Å². The summed E-state index contributed by atoms with van der Waals surface area (Å²) in [6.45, 7) is 0. The van der Waals surface area contributed by atoms with Crippen molar-refractivity contribution in [3.63, 3.8) is 0 Å². The van der Waals surface area contributed by atoms with Crippen molar-refractivity contribution >= 4 is 17.7 Å². The van der Waals surface area contributed by atoms with Crippen LogP contribution in [0.5, 0.6) is 5.88 Å². The zero-order valence-electron chi connectivity index (χ0n) is 15.0. The summed E-state index contributed by atoms with van der Waals surface area (Å²) in [5, 5.41) is 9.54. The van der Waals surface area contributed by atoms with E-state index in [4.69, 9.17) is 10.5 Å². The molecule has 1 aliphatic carbocycles. The molecule has 0 unspecified atom stereocenters. The molecule has 0 bridgehead atoms.